The van der Waals surface area contributed by atoms with Gasteiger partial charge in [0.2, 0.25) is 0 Å². The molecule has 2 amide bonds. The summed E-state index contributed by atoms with van der Waals surface area (Å²) in [6, 6.07) is 3.92. The fourth-order valence-electron chi connectivity index (χ4n) is 3.48. The summed E-state index contributed by atoms with van der Waals surface area (Å²) in [5.41, 5.74) is 2.14. The minimum absolute atomic E-state index is 0.0275. The van der Waals surface area contributed by atoms with Crippen molar-refractivity contribution in [1.82, 2.24) is 30.6 Å². The molecule has 7 heteroatoms. The largest absolute Gasteiger partial charge is 0.338 e. The summed E-state index contributed by atoms with van der Waals surface area (Å²) in [7, 11) is 0. The maximum atomic E-state index is 12.0. The third kappa shape index (κ3) is 10.6. The first-order valence-electron chi connectivity index (χ1n) is 12.7. The number of nitrogens with one attached hydrogen (secondary N) is 2. The number of carbonyl (C=O) groups excluding carboxylic acids is 1. The average molecular weight is 469 g/mol. The molecule has 2 heterocycles. The fourth-order valence-corrected chi connectivity index (χ4v) is 3.48. The summed E-state index contributed by atoms with van der Waals surface area (Å²) in [6.45, 7) is 14.2. The third-order valence-electron chi connectivity index (χ3n) is 5.56. The van der Waals surface area contributed by atoms with Crippen molar-refractivity contribution in [1.29, 1.82) is 0 Å². The van der Waals surface area contributed by atoms with Crippen molar-refractivity contribution in [2.45, 2.75) is 104 Å². The van der Waals surface area contributed by atoms with Crippen LogP contribution in [0.4, 0.5) is 4.79 Å². The number of urea groups is 1. The molecule has 0 radical (unpaired) electrons. The number of rotatable bonds is 12. The van der Waals surface area contributed by atoms with E-state index in [4.69, 9.17) is 0 Å². The Morgan fingerprint density at radius 1 is 0.676 bits per heavy atom. The summed E-state index contributed by atoms with van der Waals surface area (Å²) in [6.07, 6.45) is 11.8. The molecule has 0 aliphatic carbocycles. The molecule has 0 spiro atoms. The average Bonchev–Trinajstić information content (AvgIpc) is 2.77. The fraction of sp³-hybridized carbons (Fsp3) is 0.667. The van der Waals surface area contributed by atoms with Crippen molar-refractivity contribution in [2.75, 3.05) is 13.1 Å². The second-order valence-corrected chi connectivity index (χ2v) is 11.0. The van der Waals surface area contributed by atoms with Crippen LogP contribution in [0.15, 0.2) is 24.5 Å². The number of hydrogen-bond acceptors (Lipinski definition) is 5. The summed E-state index contributed by atoms with van der Waals surface area (Å²) in [4.78, 5) is 30.1. The zero-order valence-corrected chi connectivity index (χ0v) is 22.1. The van der Waals surface area contributed by atoms with Gasteiger partial charge in [-0.1, -0.05) is 54.4 Å². The molecule has 0 aliphatic rings. The molecule has 2 rings (SSSR count). The zero-order chi connectivity index (χ0) is 25.0. The molecule has 0 bridgehead atoms. The first-order chi connectivity index (χ1) is 16.1. The molecule has 34 heavy (non-hydrogen) atoms. The van der Waals surface area contributed by atoms with Crippen molar-refractivity contribution in [3.05, 3.63) is 47.6 Å². The zero-order valence-electron chi connectivity index (χ0n) is 22.1. The van der Waals surface area contributed by atoms with Crippen molar-refractivity contribution in [3.63, 3.8) is 0 Å². The van der Waals surface area contributed by atoms with Gasteiger partial charge in [-0.2, -0.15) is 0 Å². The van der Waals surface area contributed by atoms with Gasteiger partial charge in [-0.15, -0.1) is 0 Å². The highest BCUT2D eigenvalue weighted by atomic mass is 16.2. The number of nitrogens with zero attached hydrogens (tertiary/aromatic N) is 4. The van der Waals surface area contributed by atoms with Gasteiger partial charge >= 0.3 is 6.03 Å². The number of hydrogen-bond donors (Lipinski definition) is 2. The predicted octanol–water partition coefficient (Wildman–Crippen LogP) is 5.29. The van der Waals surface area contributed by atoms with E-state index in [9.17, 15) is 4.79 Å². The molecular weight excluding hydrogens is 424 g/mol. The molecule has 0 fully saturated rings. The van der Waals surface area contributed by atoms with Gasteiger partial charge in [-0.05, 0) is 50.7 Å². The Morgan fingerprint density at radius 3 is 1.47 bits per heavy atom. The highest BCUT2D eigenvalue weighted by Gasteiger charge is 2.18. The van der Waals surface area contributed by atoms with Crippen LogP contribution in [0.5, 0.6) is 0 Å². The van der Waals surface area contributed by atoms with E-state index in [0.717, 1.165) is 74.4 Å². The first-order valence-corrected chi connectivity index (χ1v) is 12.7. The van der Waals surface area contributed by atoms with Crippen LogP contribution in [0, 0.1) is 0 Å². The number of aryl methyl sites for hydroxylation is 2. The van der Waals surface area contributed by atoms with Crippen LogP contribution in [0.2, 0.25) is 0 Å². The van der Waals surface area contributed by atoms with Crippen LogP contribution < -0.4 is 10.6 Å². The highest BCUT2D eigenvalue weighted by Crippen LogP contribution is 2.19. The Labute approximate surface area is 206 Å². The second-order valence-electron chi connectivity index (χ2n) is 11.0. The summed E-state index contributed by atoms with van der Waals surface area (Å²) in [5.74, 6) is 1.79. The molecule has 7 nitrogen and oxygen atoms in total. The van der Waals surface area contributed by atoms with Crippen molar-refractivity contribution >= 4 is 6.03 Å². The third-order valence-corrected chi connectivity index (χ3v) is 5.56. The Morgan fingerprint density at radius 2 is 1.09 bits per heavy atom. The topological polar surface area (TPSA) is 92.7 Å². The van der Waals surface area contributed by atoms with E-state index in [1.807, 2.05) is 24.5 Å². The number of amides is 2. The van der Waals surface area contributed by atoms with Gasteiger partial charge in [0, 0.05) is 47.7 Å². The lowest BCUT2D eigenvalue weighted by atomic mass is 9.95. The lowest BCUT2D eigenvalue weighted by Crippen LogP contribution is -2.36. The molecule has 0 unspecified atom stereocenters. The lowest BCUT2D eigenvalue weighted by molar-refractivity contribution is 0.240. The normalized spacial score (nSPS) is 11.9. The maximum absolute atomic E-state index is 12.0. The number of carbonyl (C=O) groups is 1. The van der Waals surface area contributed by atoms with Gasteiger partial charge in [-0.3, -0.25) is 0 Å². The van der Waals surface area contributed by atoms with Gasteiger partial charge in [0.1, 0.15) is 11.6 Å². The molecule has 0 saturated heterocycles. The van der Waals surface area contributed by atoms with Crippen LogP contribution >= 0.6 is 0 Å². The van der Waals surface area contributed by atoms with E-state index in [0.29, 0.717) is 13.1 Å². The Kier molecular flexibility index (Phi) is 10.9. The van der Waals surface area contributed by atoms with Gasteiger partial charge in [0.15, 0.2) is 0 Å². The molecule has 2 aromatic rings. The molecule has 0 aromatic carbocycles. The van der Waals surface area contributed by atoms with Crippen LogP contribution in [-0.2, 0) is 23.7 Å². The van der Waals surface area contributed by atoms with E-state index in [-0.39, 0.29) is 16.9 Å². The standard InChI is InChI=1S/C27H44N6O/c1-26(2,3)23-28-19-15-21(32-23)13-9-7-11-17-30-25(34)31-18-12-8-10-14-22-16-20-29-24(33-22)27(4,5)6/h15-16,19-20H,7-14,17-18H2,1-6H3,(H2,30,31,34). The molecule has 2 N–H and O–H groups in total. The summed E-state index contributed by atoms with van der Waals surface area (Å²) >= 11 is 0. The van der Waals surface area contributed by atoms with Gasteiger partial charge in [-0.25, -0.2) is 24.7 Å². The smallest absolute Gasteiger partial charge is 0.314 e. The van der Waals surface area contributed by atoms with Crippen LogP contribution in [0.3, 0.4) is 0 Å². The van der Waals surface area contributed by atoms with E-state index in [1.54, 1.807) is 0 Å². The molecule has 0 atom stereocenters. The maximum Gasteiger partial charge on any atom is 0.314 e. The van der Waals surface area contributed by atoms with Gasteiger partial charge < -0.3 is 10.6 Å². The van der Waals surface area contributed by atoms with E-state index in [1.165, 1.54) is 0 Å². The van der Waals surface area contributed by atoms with Gasteiger partial charge in [0.25, 0.3) is 0 Å². The summed E-state index contributed by atoms with van der Waals surface area (Å²) < 4.78 is 0. The van der Waals surface area contributed by atoms with E-state index >= 15 is 0 Å². The summed E-state index contributed by atoms with van der Waals surface area (Å²) in [5, 5.41) is 5.91. The van der Waals surface area contributed by atoms with Crippen molar-refractivity contribution in [2.24, 2.45) is 0 Å². The molecular formula is C27H44N6O. The van der Waals surface area contributed by atoms with Crippen molar-refractivity contribution < 1.29 is 4.79 Å². The Balaban J connectivity index is 1.49. The number of unbranched alkanes of at least 4 members (excludes halogenated alkanes) is 4. The SMILES string of the molecule is CC(C)(C)c1nccc(CCCCCNC(=O)NCCCCCc2ccnc(C(C)(C)C)n2)n1. The van der Waals surface area contributed by atoms with Gasteiger partial charge in [0.05, 0.1) is 0 Å². The van der Waals surface area contributed by atoms with E-state index < -0.39 is 0 Å². The monoisotopic (exact) mass is 468 g/mol. The Hall–Kier alpha value is -2.57. The number of aromatic nitrogens is 4. The molecule has 188 valence electrons. The molecule has 0 aliphatic heterocycles. The predicted molar refractivity (Wildman–Crippen MR) is 138 cm³/mol. The molecule has 2 aromatic heterocycles. The highest BCUT2D eigenvalue weighted by molar-refractivity contribution is 5.73. The quantitative estimate of drug-likeness (QED) is 0.413. The second kappa shape index (κ2) is 13.4. The minimum Gasteiger partial charge on any atom is -0.338 e. The van der Waals surface area contributed by atoms with E-state index in [2.05, 4.69) is 72.1 Å². The van der Waals surface area contributed by atoms with Crippen LogP contribution in [0.25, 0.3) is 0 Å². The lowest BCUT2D eigenvalue weighted by Gasteiger charge is -2.16. The molecule has 0 saturated carbocycles. The van der Waals surface area contributed by atoms with Crippen LogP contribution in [-0.4, -0.2) is 39.1 Å². The minimum atomic E-state index is -0.0729. The van der Waals surface area contributed by atoms with Crippen LogP contribution in [0.1, 0.15) is 103 Å². The van der Waals surface area contributed by atoms with Crippen molar-refractivity contribution in [3.8, 4) is 0 Å². The first kappa shape index (κ1) is 27.7. The Bertz CT molecular complexity index is 814.